The molecule has 0 spiro atoms. The van der Waals surface area contributed by atoms with Crippen LogP contribution >= 0.6 is 0 Å². The summed E-state index contributed by atoms with van der Waals surface area (Å²) in [5.74, 6) is 0.214. The molecule has 3 unspecified atom stereocenters. The molecule has 0 saturated carbocycles. The van der Waals surface area contributed by atoms with Crippen molar-refractivity contribution in [3.8, 4) is 0 Å². The quantitative estimate of drug-likeness (QED) is 0.890. The molecule has 0 radical (unpaired) electrons. The molecule has 0 heterocycles. The molecule has 120 valence electrons. The molecule has 3 atom stereocenters. The normalized spacial score (nSPS) is 20.8. The van der Waals surface area contributed by atoms with E-state index in [-0.39, 0.29) is 17.9 Å². The smallest absolute Gasteiger partial charge is 0.221 e. The van der Waals surface area contributed by atoms with Crippen molar-refractivity contribution >= 4 is 5.91 Å². The Morgan fingerprint density at radius 2 is 1.87 bits per heavy atom. The molecule has 3 nitrogen and oxygen atoms in total. The number of aliphatic hydroxyl groups excluding tert-OH is 1. The average molecular weight is 309 g/mol. The Balaban J connectivity index is 1.68. The van der Waals surface area contributed by atoms with E-state index in [2.05, 4.69) is 24.4 Å². The summed E-state index contributed by atoms with van der Waals surface area (Å²) in [6.45, 7) is 2.10. The molecule has 0 aromatic heterocycles. The summed E-state index contributed by atoms with van der Waals surface area (Å²) in [5.41, 5.74) is 3.36. The van der Waals surface area contributed by atoms with Crippen LogP contribution < -0.4 is 5.32 Å². The van der Waals surface area contributed by atoms with Gasteiger partial charge < -0.3 is 10.4 Å². The van der Waals surface area contributed by atoms with Gasteiger partial charge in [0.1, 0.15) is 0 Å². The van der Waals surface area contributed by atoms with Gasteiger partial charge in [-0.25, -0.2) is 0 Å². The summed E-state index contributed by atoms with van der Waals surface area (Å²) in [4.78, 5) is 12.5. The van der Waals surface area contributed by atoms with Gasteiger partial charge in [-0.2, -0.15) is 0 Å². The second kappa shape index (κ2) is 6.97. The van der Waals surface area contributed by atoms with E-state index < -0.39 is 6.10 Å². The van der Waals surface area contributed by atoms with Crippen molar-refractivity contribution in [3.63, 3.8) is 0 Å². The van der Waals surface area contributed by atoms with Crippen molar-refractivity contribution in [3.05, 3.63) is 71.3 Å². The lowest BCUT2D eigenvalue weighted by Gasteiger charge is -2.20. The zero-order valence-corrected chi connectivity index (χ0v) is 13.4. The molecular weight excluding hydrogens is 286 g/mol. The van der Waals surface area contributed by atoms with Gasteiger partial charge in [0.25, 0.3) is 0 Å². The molecule has 3 heteroatoms. The fourth-order valence-electron chi connectivity index (χ4n) is 3.43. The number of hydrogen-bond donors (Lipinski definition) is 2. The highest BCUT2D eigenvalue weighted by Gasteiger charge is 2.32. The third-order valence-corrected chi connectivity index (χ3v) is 4.72. The van der Waals surface area contributed by atoms with Crippen LogP contribution in [-0.2, 0) is 11.2 Å². The van der Waals surface area contributed by atoms with Crippen LogP contribution in [0.5, 0.6) is 0 Å². The third kappa shape index (κ3) is 3.45. The molecule has 2 aromatic rings. The number of nitrogens with one attached hydrogen (secondary N) is 1. The Kier molecular flexibility index (Phi) is 4.77. The summed E-state index contributed by atoms with van der Waals surface area (Å²) in [6, 6.07) is 17.8. The molecule has 2 N–H and O–H groups in total. The molecule has 0 saturated heterocycles. The first-order chi connectivity index (χ1) is 11.2. The van der Waals surface area contributed by atoms with Crippen molar-refractivity contribution in [2.45, 2.75) is 44.2 Å². The Morgan fingerprint density at radius 3 is 2.61 bits per heavy atom. The predicted octanol–water partition coefficient (Wildman–Crippen LogP) is 3.34. The topological polar surface area (TPSA) is 49.3 Å². The average Bonchev–Trinajstić information content (AvgIpc) is 2.89. The van der Waals surface area contributed by atoms with Crippen molar-refractivity contribution < 1.29 is 9.90 Å². The molecule has 1 amide bonds. The van der Waals surface area contributed by atoms with Crippen molar-refractivity contribution in [1.82, 2.24) is 5.32 Å². The molecule has 0 fully saturated rings. The largest absolute Gasteiger partial charge is 0.390 e. The minimum atomic E-state index is -0.534. The highest BCUT2D eigenvalue weighted by atomic mass is 16.3. The zero-order chi connectivity index (χ0) is 16.2. The number of hydrogen-bond acceptors (Lipinski definition) is 2. The van der Waals surface area contributed by atoms with Gasteiger partial charge in [0.15, 0.2) is 0 Å². The van der Waals surface area contributed by atoms with Crippen LogP contribution in [0.25, 0.3) is 0 Å². The first-order valence-electron chi connectivity index (χ1n) is 8.29. The molecule has 2 aromatic carbocycles. The van der Waals surface area contributed by atoms with Crippen molar-refractivity contribution in [2.24, 2.45) is 0 Å². The van der Waals surface area contributed by atoms with Gasteiger partial charge in [-0.1, -0.05) is 61.5 Å². The maximum Gasteiger partial charge on any atom is 0.221 e. The monoisotopic (exact) mass is 309 g/mol. The first-order valence-corrected chi connectivity index (χ1v) is 8.29. The van der Waals surface area contributed by atoms with Crippen LogP contribution in [0.4, 0.5) is 0 Å². The first kappa shape index (κ1) is 15.8. The van der Waals surface area contributed by atoms with Gasteiger partial charge in [0, 0.05) is 12.8 Å². The van der Waals surface area contributed by atoms with Crippen LogP contribution in [0.1, 0.15) is 48.4 Å². The number of carbonyl (C=O) groups is 1. The summed E-state index contributed by atoms with van der Waals surface area (Å²) < 4.78 is 0. The number of fused-ring (bicyclic) bond motifs is 1. The molecule has 0 bridgehead atoms. The van der Waals surface area contributed by atoms with Crippen LogP contribution in [0.2, 0.25) is 0 Å². The molecule has 0 aliphatic heterocycles. The van der Waals surface area contributed by atoms with E-state index in [1.165, 1.54) is 5.56 Å². The van der Waals surface area contributed by atoms with Gasteiger partial charge in [0.05, 0.1) is 12.1 Å². The Hall–Kier alpha value is -2.13. The number of amides is 1. The number of rotatable bonds is 5. The van der Waals surface area contributed by atoms with Gasteiger partial charge in [0.2, 0.25) is 5.91 Å². The van der Waals surface area contributed by atoms with Gasteiger partial charge in [-0.3, -0.25) is 4.79 Å². The van der Waals surface area contributed by atoms with E-state index in [1.54, 1.807) is 0 Å². The third-order valence-electron chi connectivity index (χ3n) is 4.72. The Labute approximate surface area is 137 Å². The van der Waals surface area contributed by atoms with E-state index in [9.17, 15) is 9.90 Å². The van der Waals surface area contributed by atoms with Crippen LogP contribution in [0.15, 0.2) is 54.6 Å². The van der Waals surface area contributed by atoms with E-state index >= 15 is 0 Å². The lowest BCUT2D eigenvalue weighted by molar-refractivity contribution is -0.123. The van der Waals surface area contributed by atoms with Crippen LogP contribution in [0.3, 0.4) is 0 Å². The summed E-state index contributed by atoms with van der Waals surface area (Å²) in [6.07, 6.45) is 1.44. The number of aliphatic hydroxyl groups is 1. The van der Waals surface area contributed by atoms with Gasteiger partial charge in [-0.15, -0.1) is 0 Å². The Bertz CT molecular complexity index is 668. The molecule has 23 heavy (non-hydrogen) atoms. The maximum atomic E-state index is 12.5. The van der Waals surface area contributed by atoms with Crippen molar-refractivity contribution in [1.29, 1.82) is 0 Å². The van der Waals surface area contributed by atoms with Gasteiger partial charge >= 0.3 is 0 Å². The lowest BCUT2D eigenvalue weighted by atomic mass is 9.93. The summed E-state index contributed by atoms with van der Waals surface area (Å²) in [5, 5.41) is 13.3. The molecule has 1 aliphatic rings. The van der Waals surface area contributed by atoms with E-state index in [0.717, 1.165) is 17.5 Å². The predicted molar refractivity (Wildman–Crippen MR) is 91.1 cm³/mol. The summed E-state index contributed by atoms with van der Waals surface area (Å²) in [7, 11) is 0. The van der Waals surface area contributed by atoms with Gasteiger partial charge in [-0.05, 0) is 29.0 Å². The molecule has 3 rings (SSSR count). The minimum absolute atomic E-state index is 0.00135. The molecular formula is C20H23NO2. The summed E-state index contributed by atoms with van der Waals surface area (Å²) >= 11 is 0. The maximum absolute atomic E-state index is 12.5. The SMILES string of the molecule is CCC(CC(=O)NC1c2ccccc2CC1O)c1ccccc1. The van der Waals surface area contributed by atoms with E-state index in [1.807, 2.05) is 42.5 Å². The van der Waals surface area contributed by atoms with E-state index in [0.29, 0.717) is 12.8 Å². The Morgan fingerprint density at radius 1 is 1.17 bits per heavy atom. The standard InChI is InChI=1S/C20H23NO2/c1-2-14(15-8-4-3-5-9-15)13-19(23)21-20-17-11-7-6-10-16(17)12-18(20)22/h3-11,14,18,20,22H,2,12-13H2,1H3,(H,21,23). The molecule has 1 aliphatic carbocycles. The van der Waals surface area contributed by atoms with Crippen molar-refractivity contribution in [2.75, 3.05) is 0 Å². The lowest BCUT2D eigenvalue weighted by Crippen LogP contribution is -2.34. The van der Waals surface area contributed by atoms with Crippen LogP contribution in [0, 0.1) is 0 Å². The fourth-order valence-corrected chi connectivity index (χ4v) is 3.43. The highest BCUT2D eigenvalue weighted by molar-refractivity contribution is 5.77. The zero-order valence-electron chi connectivity index (χ0n) is 13.4. The van der Waals surface area contributed by atoms with E-state index in [4.69, 9.17) is 0 Å². The fraction of sp³-hybridized carbons (Fsp3) is 0.350. The minimum Gasteiger partial charge on any atom is -0.390 e. The van der Waals surface area contributed by atoms with Crippen LogP contribution in [-0.4, -0.2) is 17.1 Å². The number of carbonyl (C=O) groups excluding carboxylic acids is 1. The number of benzene rings is 2. The second-order valence-electron chi connectivity index (χ2n) is 6.24. The second-order valence-corrected chi connectivity index (χ2v) is 6.24. The highest BCUT2D eigenvalue weighted by Crippen LogP contribution is 2.32.